The second-order valence-electron chi connectivity index (χ2n) is 7.49. The van der Waals surface area contributed by atoms with Crippen LogP contribution >= 0.6 is 0 Å². The van der Waals surface area contributed by atoms with Crippen molar-refractivity contribution in [3.8, 4) is 0 Å². The van der Waals surface area contributed by atoms with Crippen molar-refractivity contribution in [3.63, 3.8) is 0 Å². The second kappa shape index (κ2) is 8.70. The largest absolute Gasteiger partial charge is 0.444 e. The lowest BCUT2D eigenvalue weighted by atomic mass is 9.96. The van der Waals surface area contributed by atoms with Crippen molar-refractivity contribution < 1.29 is 14.3 Å². The average molecular weight is 346 g/mol. The molecule has 0 aliphatic carbocycles. The van der Waals surface area contributed by atoms with Crippen LogP contribution in [0.4, 0.5) is 10.5 Å². The van der Waals surface area contributed by atoms with E-state index < -0.39 is 11.7 Å². The van der Waals surface area contributed by atoms with Gasteiger partial charge in [0.05, 0.1) is 5.92 Å². The summed E-state index contributed by atoms with van der Waals surface area (Å²) in [5, 5.41) is 5.65. The molecule has 25 heavy (non-hydrogen) atoms. The molecule has 138 valence electrons. The van der Waals surface area contributed by atoms with Gasteiger partial charge < -0.3 is 15.4 Å². The molecule has 0 spiro atoms. The van der Waals surface area contributed by atoms with Gasteiger partial charge in [0.2, 0.25) is 5.91 Å². The van der Waals surface area contributed by atoms with Gasteiger partial charge in [0.25, 0.3) is 0 Å². The number of nitrogens with one attached hydrogen (secondary N) is 2. The van der Waals surface area contributed by atoms with E-state index in [9.17, 15) is 9.59 Å². The van der Waals surface area contributed by atoms with Crippen LogP contribution in [0.3, 0.4) is 0 Å². The number of benzene rings is 1. The molecule has 0 aliphatic heterocycles. The molecule has 0 fully saturated rings. The standard InChI is InChI=1S/C20H30N2O3/c1-13-8-10-17(11-9-13)22-18(23)16(4)14(2)12-15(3)21-19(24)25-20(5,6)7/h8-11,15-16H,2,12H2,1,3-7H3,(H,21,24)(H,22,23). The molecule has 2 amide bonds. The first-order valence-electron chi connectivity index (χ1n) is 8.52. The third-order valence-corrected chi connectivity index (χ3v) is 3.66. The first-order chi connectivity index (χ1) is 11.5. The SMILES string of the molecule is C=C(CC(C)NC(=O)OC(C)(C)C)C(C)C(=O)Nc1ccc(C)cc1. The number of hydrogen-bond acceptors (Lipinski definition) is 3. The van der Waals surface area contributed by atoms with Gasteiger partial charge in [-0.2, -0.15) is 0 Å². The van der Waals surface area contributed by atoms with Crippen molar-refractivity contribution in [2.45, 2.75) is 59.6 Å². The van der Waals surface area contributed by atoms with Crippen molar-refractivity contribution in [1.29, 1.82) is 0 Å². The number of aryl methyl sites for hydroxylation is 1. The summed E-state index contributed by atoms with van der Waals surface area (Å²) < 4.78 is 5.23. The Kier molecular flexibility index (Phi) is 7.22. The molecular weight excluding hydrogens is 316 g/mol. The summed E-state index contributed by atoms with van der Waals surface area (Å²) in [6.45, 7) is 15.1. The number of anilines is 1. The molecule has 5 nitrogen and oxygen atoms in total. The highest BCUT2D eigenvalue weighted by Gasteiger charge is 2.21. The number of carbonyl (C=O) groups excluding carboxylic acids is 2. The highest BCUT2D eigenvalue weighted by Crippen LogP contribution is 2.18. The topological polar surface area (TPSA) is 67.4 Å². The molecule has 0 saturated heterocycles. The molecule has 2 unspecified atom stereocenters. The molecule has 0 bridgehead atoms. The van der Waals surface area contributed by atoms with Gasteiger partial charge in [0, 0.05) is 11.7 Å². The predicted octanol–water partition coefficient (Wildman–Crippen LogP) is 4.43. The molecule has 0 aliphatic rings. The Morgan fingerprint density at radius 3 is 2.24 bits per heavy atom. The van der Waals surface area contributed by atoms with Gasteiger partial charge >= 0.3 is 6.09 Å². The van der Waals surface area contributed by atoms with Crippen LogP contribution in [0, 0.1) is 12.8 Å². The summed E-state index contributed by atoms with van der Waals surface area (Å²) in [5.41, 5.74) is 2.11. The molecular formula is C20H30N2O3. The number of carbonyl (C=O) groups is 2. The van der Waals surface area contributed by atoms with Gasteiger partial charge in [-0.3, -0.25) is 4.79 Å². The van der Waals surface area contributed by atoms with E-state index in [1.165, 1.54) is 0 Å². The minimum absolute atomic E-state index is 0.113. The first kappa shape index (κ1) is 20.7. The van der Waals surface area contributed by atoms with E-state index in [0.717, 1.165) is 16.8 Å². The number of rotatable bonds is 6. The van der Waals surface area contributed by atoms with Crippen LogP contribution in [0.25, 0.3) is 0 Å². The van der Waals surface area contributed by atoms with Gasteiger partial charge in [0.15, 0.2) is 0 Å². The van der Waals surface area contributed by atoms with E-state index in [0.29, 0.717) is 6.42 Å². The van der Waals surface area contributed by atoms with E-state index in [1.54, 1.807) is 0 Å². The summed E-state index contributed by atoms with van der Waals surface area (Å²) in [5.74, 6) is -0.470. The van der Waals surface area contributed by atoms with Gasteiger partial charge in [-0.05, 0) is 60.1 Å². The molecule has 1 rings (SSSR count). The highest BCUT2D eigenvalue weighted by molar-refractivity contribution is 5.94. The fourth-order valence-corrected chi connectivity index (χ4v) is 2.20. The summed E-state index contributed by atoms with van der Waals surface area (Å²) in [4.78, 5) is 24.1. The van der Waals surface area contributed by atoms with Crippen molar-refractivity contribution in [1.82, 2.24) is 5.32 Å². The number of hydrogen-bond donors (Lipinski definition) is 2. The van der Waals surface area contributed by atoms with Crippen LogP contribution in [-0.2, 0) is 9.53 Å². The Labute approximate surface area is 150 Å². The summed E-state index contributed by atoms with van der Waals surface area (Å²) in [6, 6.07) is 7.46. The zero-order chi connectivity index (χ0) is 19.2. The average Bonchev–Trinajstić information content (AvgIpc) is 2.46. The third kappa shape index (κ3) is 7.88. The number of alkyl carbamates (subject to hydrolysis) is 1. The Bertz CT molecular complexity index is 615. The number of amides is 2. The lowest BCUT2D eigenvalue weighted by Gasteiger charge is -2.23. The van der Waals surface area contributed by atoms with E-state index in [4.69, 9.17) is 4.74 Å². The molecule has 0 heterocycles. The fraction of sp³-hybridized carbons (Fsp3) is 0.500. The molecule has 5 heteroatoms. The Balaban J connectivity index is 2.50. The summed E-state index contributed by atoms with van der Waals surface area (Å²) in [7, 11) is 0. The van der Waals surface area contributed by atoms with Gasteiger partial charge in [-0.15, -0.1) is 0 Å². The Morgan fingerprint density at radius 2 is 1.72 bits per heavy atom. The van der Waals surface area contributed by atoms with Crippen molar-refractivity contribution in [2.75, 3.05) is 5.32 Å². The van der Waals surface area contributed by atoms with Gasteiger partial charge in [-0.1, -0.05) is 29.8 Å². The molecule has 2 N–H and O–H groups in total. The molecule has 1 aromatic carbocycles. The van der Waals surface area contributed by atoms with Gasteiger partial charge in [0.1, 0.15) is 5.60 Å². The van der Waals surface area contributed by atoms with Crippen LogP contribution < -0.4 is 10.6 Å². The van der Waals surface area contributed by atoms with E-state index in [1.807, 2.05) is 65.8 Å². The highest BCUT2D eigenvalue weighted by atomic mass is 16.6. The van der Waals surface area contributed by atoms with Crippen LogP contribution in [0.15, 0.2) is 36.4 Å². The van der Waals surface area contributed by atoms with Crippen LogP contribution in [0.2, 0.25) is 0 Å². The molecule has 2 atom stereocenters. The lowest BCUT2D eigenvalue weighted by Crippen LogP contribution is -2.38. The van der Waals surface area contributed by atoms with Crippen molar-refractivity contribution in [2.24, 2.45) is 5.92 Å². The quantitative estimate of drug-likeness (QED) is 0.749. The Hall–Kier alpha value is -2.30. The van der Waals surface area contributed by atoms with E-state index >= 15 is 0 Å². The number of ether oxygens (including phenoxy) is 1. The van der Waals surface area contributed by atoms with E-state index in [2.05, 4.69) is 17.2 Å². The minimum Gasteiger partial charge on any atom is -0.444 e. The maximum absolute atomic E-state index is 12.3. The monoisotopic (exact) mass is 346 g/mol. The Morgan fingerprint density at radius 1 is 1.16 bits per heavy atom. The van der Waals surface area contributed by atoms with Crippen LogP contribution in [0.1, 0.15) is 46.6 Å². The molecule has 0 saturated carbocycles. The zero-order valence-corrected chi connectivity index (χ0v) is 16.1. The van der Waals surface area contributed by atoms with Crippen molar-refractivity contribution in [3.05, 3.63) is 42.0 Å². The smallest absolute Gasteiger partial charge is 0.407 e. The summed E-state index contributed by atoms with van der Waals surface area (Å²) in [6.07, 6.45) is 0.0337. The van der Waals surface area contributed by atoms with Gasteiger partial charge in [-0.25, -0.2) is 4.79 Å². The lowest BCUT2D eigenvalue weighted by molar-refractivity contribution is -0.118. The molecule has 0 radical (unpaired) electrons. The zero-order valence-electron chi connectivity index (χ0n) is 16.1. The maximum atomic E-state index is 12.3. The molecule has 1 aromatic rings. The first-order valence-corrected chi connectivity index (χ1v) is 8.52. The van der Waals surface area contributed by atoms with Crippen LogP contribution in [0.5, 0.6) is 0 Å². The molecule has 0 aromatic heterocycles. The van der Waals surface area contributed by atoms with Crippen molar-refractivity contribution >= 4 is 17.7 Å². The minimum atomic E-state index is -0.540. The normalized spacial score (nSPS) is 13.5. The van der Waals surface area contributed by atoms with Crippen LogP contribution in [-0.4, -0.2) is 23.6 Å². The van der Waals surface area contributed by atoms with E-state index in [-0.39, 0.29) is 17.9 Å². The summed E-state index contributed by atoms with van der Waals surface area (Å²) >= 11 is 0. The maximum Gasteiger partial charge on any atom is 0.407 e. The fourth-order valence-electron chi connectivity index (χ4n) is 2.20. The third-order valence-electron chi connectivity index (χ3n) is 3.66. The second-order valence-corrected chi connectivity index (χ2v) is 7.49. The predicted molar refractivity (Wildman–Crippen MR) is 102 cm³/mol.